The van der Waals surface area contributed by atoms with Crippen molar-refractivity contribution in [2.45, 2.75) is 33.6 Å². The molecule has 0 heteroatoms. The van der Waals surface area contributed by atoms with E-state index in [-0.39, 0.29) is 0 Å². The lowest BCUT2D eigenvalue weighted by molar-refractivity contribution is 1.04. The molecule has 0 atom stereocenters. The summed E-state index contributed by atoms with van der Waals surface area (Å²) in [6, 6.07) is 0. The van der Waals surface area contributed by atoms with E-state index in [0.717, 1.165) is 12.8 Å². The topological polar surface area (TPSA) is 0 Å². The van der Waals surface area contributed by atoms with Gasteiger partial charge >= 0.3 is 0 Å². The first-order chi connectivity index (χ1) is 6.20. The third-order valence-electron chi connectivity index (χ3n) is 1.83. The second-order valence-electron chi connectivity index (χ2n) is 3.15. The molecule has 0 aliphatic rings. The Morgan fingerprint density at radius 1 is 1.38 bits per heavy atom. The normalized spacial score (nSPS) is 13.0. The van der Waals surface area contributed by atoms with E-state index >= 15 is 0 Å². The van der Waals surface area contributed by atoms with E-state index in [1.54, 1.807) is 0 Å². The highest BCUT2D eigenvalue weighted by Crippen LogP contribution is 2.04. The Morgan fingerprint density at radius 2 is 2.08 bits per heavy atom. The molecule has 0 N–H and O–H groups in total. The average molecular weight is 176 g/mol. The average Bonchev–Trinajstić information content (AvgIpc) is 2.12. The summed E-state index contributed by atoms with van der Waals surface area (Å²) in [5, 5.41) is 0. The smallest absolute Gasteiger partial charge is 0.0138 e. The van der Waals surface area contributed by atoms with E-state index in [4.69, 9.17) is 0 Å². The Bertz CT molecular complexity index is 226. The first-order valence-electron chi connectivity index (χ1n) is 4.83. The van der Waals surface area contributed by atoms with Crippen LogP contribution in [0, 0.1) is 0 Å². The van der Waals surface area contributed by atoms with Gasteiger partial charge in [0.1, 0.15) is 0 Å². The number of hydrogen-bond acceptors (Lipinski definition) is 0. The van der Waals surface area contributed by atoms with E-state index in [9.17, 15) is 0 Å². The predicted octanol–water partition coefficient (Wildman–Crippen LogP) is 4.42. The summed E-state index contributed by atoms with van der Waals surface area (Å²) in [4.78, 5) is 0. The van der Waals surface area contributed by atoms with Crippen LogP contribution in [-0.4, -0.2) is 0 Å². The molecule has 0 bridgehead atoms. The minimum Gasteiger partial charge on any atom is -0.0996 e. The fraction of sp³-hybridized carbons (Fsp3) is 0.385. The van der Waals surface area contributed by atoms with Crippen LogP contribution in [0.25, 0.3) is 0 Å². The highest BCUT2D eigenvalue weighted by molar-refractivity contribution is 5.21. The van der Waals surface area contributed by atoms with Gasteiger partial charge in [0, 0.05) is 0 Å². The maximum atomic E-state index is 3.94. The highest BCUT2D eigenvalue weighted by atomic mass is 13.9. The van der Waals surface area contributed by atoms with Gasteiger partial charge in [0.15, 0.2) is 0 Å². The van der Waals surface area contributed by atoms with Crippen LogP contribution in [0.1, 0.15) is 33.6 Å². The molecule has 0 saturated heterocycles. The largest absolute Gasteiger partial charge is 0.0996 e. The molecule has 0 aromatic carbocycles. The van der Waals surface area contributed by atoms with Gasteiger partial charge in [-0.25, -0.2) is 0 Å². The fourth-order valence-corrected chi connectivity index (χ4v) is 0.917. The van der Waals surface area contributed by atoms with Crippen molar-refractivity contribution in [3.05, 3.63) is 48.1 Å². The lowest BCUT2D eigenvalue weighted by atomic mass is 10.1. The first-order valence-corrected chi connectivity index (χ1v) is 4.83. The molecule has 0 aromatic rings. The van der Waals surface area contributed by atoms with Gasteiger partial charge in [0.05, 0.1) is 0 Å². The molecular weight excluding hydrogens is 156 g/mol. The van der Waals surface area contributed by atoms with Crippen molar-refractivity contribution in [1.82, 2.24) is 0 Å². The molecule has 0 fully saturated rings. The van der Waals surface area contributed by atoms with Crippen LogP contribution >= 0.6 is 0 Å². The molecular formula is C13H20. The summed E-state index contributed by atoms with van der Waals surface area (Å²) in [5.74, 6) is 0. The Kier molecular flexibility index (Phi) is 6.99. The van der Waals surface area contributed by atoms with Gasteiger partial charge < -0.3 is 0 Å². The molecule has 0 nitrogen and oxygen atoms in total. The van der Waals surface area contributed by atoms with Crippen molar-refractivity contribution in [2.75, 3.05) is 0 Å². The Morgan fingerprint density at radius 3 is 2.62 bits per heavy atom. The van der Waals surface area contributed by atoms with Gasteiger partial charge in [-0.15, -0.1) is 0 Å². The van der Waals surface area contributed by atoms with Crippen LogP contribution in [0.2, 0.25) is 0 Å². The first kappa shape index (κ1) is 12.0. The van der Waals surface area contributed by atoms with Crippen LogP contribution in [0.15, 0.2) is 48.1 Å². The van der Waals surface area contributed by atoms with Gasteiger partial charge in [0.25, 0.3) is 0 Å². The minimum atomic E-state index is 0.996. The van der Waals surface area contributed by atoms with Crippen LogP contribution in [-0.2, 0) is 0 Å². The van der Waals surface area contributed by atoms with Crippen LogP contribution in [0.5, 0.6) is 0 Å². The third kappa shape index (κ3) is 7.32. The van der Waals surface area contributed by atoms with E-state index < -0.39 is 0 Å². The molecule has 0 saturated carbocycles. The van der Waals surface area contributed by atoms with Gasteiger partial charge in [-0.2, -0.15) is 0 Å². The standard InChI is InChI=1S/C13H20/c1-5-9-13(4)11-8-7-10-12(3)6-2/h5,7-9,11H,3,6,10H2,1-2,4H3/b8-7-,9-5-,13-11-. The van der Waals surface area contributed by atoms with Gasteiger partial charge in [0.2, 0.25) is 0 Å². The van der Waals surface area contributed by atoms with Crippen molar-refractivity contribution >= 4 is 0 Å². The third-order valence-corrected chi connectivity index (χ3v) is 1.83. The Hall–Kier alpha value is -1.04. The summed E-state index contributed by atoms with van der Waals surface area (Å²) in [5.41, 5.74) is 2.56. The Balaban J connectivity index is 3.86. The second-order valence-corrected chi connectivity index (χ2v) is 3.15. The van der Waals surface area contributed by atoms with Gasteiger partial charge in [-0.1, -0.05) is 55.0 Å². The van der Waals surface area contributed by atoms with Crippen molar-refractivity contribution < 1.29 is 0 Å². The molecule has 0 aliphatic heterocycles. The lowest BCUT2D eigenvalue weighted by Gasteiger charge is -1.93. The van der Waals surface area contributed by atoms with Gasteiger partial charge in [-0.3, -0.25) is 0 Å². The second kappa shape index (κ2) is 7.60. The molecule has 13 heavy (non-hydrogen) atoms. The molecule has 0 radical (unpaired) electrons. The summed E-state index contributed by atoms with van der Waals surface area (Å²) < 4.78 is 0. The minimum absolute atomic E-state index is 0.996. The zero-order valence-electron chi connectivity index (χ0n) is 9.01. The van der Waals surface area contributed by atoms with Crippen molar-refractivity contribution in [3.63, 3.8) is 0 Å². The monoisotopic (exact) mass is 176 g/mol. The maximum Gasteiger partial charge on any atom is -0.0138 e. The SMILES string of the molecule is C=C(CC)C\C=C/C=C(C)\C=C/C. The van der Waals surface area contributed by atoms with E-state index in [2.05, 4.69) is 44.7 Å². The molecule has 0 heterocycles. The summed E-state index contributed by atoms with van der Waals surface area (Å²) in [6.07, 6.45) is 12.6. The molecule has 0 rings (SSSR count). The quantitative estimate of drug-likeness (QED) is 0.429. The van der Waals surface area contributed by atoms with Crippen LogP contribution < -0.4 is 0 Å². The highest BCUT2D eigenvalue weighted by Gasteiger charge is 1.83. The number of hydrogen-bond donors (Lipinski definition) is 0. The lowest BCUT2D eigenvalue weighted by Crippen LogP contribution is -1.73. The van der Waals surface area contributed by atoms with Crippen LogP contribution in [0.4, 0.5) is 0 Å². The summed E-state index contributed by atoms with van der Waals surface area (Å²) in [7, 11) is 0. The molecule has 0 spiro atoms. The van der Waals surface area contributed by atoms with Crippen molar-refractivity contribution in [3.8, 4) is 0 Å². The molecule has 72 valence electrons. The van der Waals surface area contributed by atoms with Crippen molar-refractivity contribution in [2.24, 2.45) is 0 Å². The predicted molar refractivity (Wildman–Crippen MR) is 61.8 cm³/mol. The van der Waals surface area contributed by atoms with E-state index in [0.29, 0.717) is 0 Å². The number of allylic oxidation sites excluding steroid dienone is 7. The fourth-order valence-electron chi connectivity index (χ4n) is 0.917. The van der Waals surface area contributed by atoms with Gasteiger partial charge in [-0.05, 0) is 26.7 Å². The zero-order chi connectivity index (χ0) is 10.1. The summed E-state index contributed by atoms with van der Waals surface area (Å²) >= 11 is 0. The molecule has 0 aromatic heterocycles. The summed E-state index contributed by atoms with van der Waals surface area (Å²) in [6.45, 7) is 10.2. The molecule has 0 amide bonds. The van der Waals surface area contributed by atoms with E-state index in [1.165, 1.54) is 11.1 Å². The molecule has 0 aliphatic carbocycles. The molecule has 0 unspecified atom stereocenters. The zero-order valence-corrected chi connectivity index (χ0v) is 9.01. The van der Waals surface area contributed by atoms with E-state index in [1.807, 2.05) is 13.0 Å². The number of rotatable bonds is 5. The Labute approximate surface area is 82.4 Å². The maximum absolute atomic E-state index is 3.94. The van der Waals surface area contributed by atoms with Crippen molar-refractivity contribution in [1.29, 1.82) is 0 Å². The van der Waals surface area contributed by atoms with Crippen LogP contribution in [0.3, 0.4) is 0 Å².